The average molecular weight is 611 g/mol. The van der Waals surface area contributed by atoms with Crippen LogP contribution in [0.3, 0.4) is 0 Å². The third-order valence-electron chi connectivity index (χ3n) is 6.11. The molecule has 0 radical (unpaired) electrons. The van der Waals surface area contributed by atoms with Crippen molar-refractivity contribution in [1.82, 2.24) is 4.90 Å². The van der Waals surface area contributed by atoms with Crippen molar-refractivity contribution in [3.63, 3.8) is 0 Å². The molecule has 1 fully saturated rings. The number of carbonyl (C=O) groups excluding carboxylic acids is 2. The maximum atomic E-state index is 13.1. The number of thioether (sulfide) groups is 1. The first-order chi connectivity index (χ1) is 18.7. The Morgan fingerprint density at radius 1 is 0.923 bits per heavy atom. The largest absolute Gasteiger partial charge is 0.491 e. The molecule has 0 saturated carbocycles. The maximum Gasteiger partial charge on any atom is 0.293 e. The molecule has 1 aliphatic rings. The predicted octanol–water partition coefficient (Wildman–Crippen LogP) is 7.97. The van der Waals surface area contributed by atoms with E-state index in [4.69, 9.17) is 14.2 Å². The van der Waals surface area contributed by atoms with Gasteiger partial charge in [-0.15, -0.1) is 0 Å². The van der Waals surface area contributed by atoms with E-state index in [1.165, 1.54) is 4.90 Å². The minimum absolute atomic E-state index is 0.181. The van der Waals surface area contributed by atoms with Crippen LogP contribution in [-0.4, -0.2) is 35.8 Å². The molecule has 0 N–H and O–H groups in total. The van der Waals surface area contributed by atoms with E-state index in [2.05, 4.69) is 41.9 Å². The lowest BCUT2D eigenvalue weighted by Gasteiger charge is -2.17. The Hall–Kier alpha value is -3.23. The normalized spacial score (nSPS) is 14.4. The zero-order valence-electron chi connectivity index (χ0n) is 22.5. The number of benzene rings is 3. The number of hydrogen-bond donors (Lipinski definition) is 0. The van der Waals surface area contributed by atoms with Crippen molar-refractivity contribution in [3.05, 3.63) is 92.3 Å². The summed E-state index contributed by atoms with van der Waals surface area (Å²) >= 11 is 4.37. The van der Waals surface area contributed by atoms with Crippen molar-refractivity contribution < 1.29 is 23.8 Å². The summed E-state index contributed by atoms with van der Waals surface area (Å²) in [4.78, 5) is 27.3. The molecule has 3 aromatic rings. The van der Waals surface area contributed by atoms with Crippen molar-refractivity contribution in [3.8, 4) is 17.2 Å². The molecule has 39 heavy (non-hydrogen) atoms. The van der Waals surface area contributed by atoms with Gasteiger partial charge >= 0.3 is 0 Å². The number of nitrogens with zero attached hydrogens (tertiary/aromatic N) is 1. The first-order valence-electron chi connectivity index (χ1n) is 12.9. The van der Waals surface area contributed by atoms with Crippen molar-refractivity contribution in [2.24, 2.45) is 0 Å². The Bertz CT molecular complexity index is 1370. The maximum absolute atomic E-state index is 13.1. The molecule has 0 bridgehead atoms. The molecule has 8 heteroatoms. The smallest absolute Gasteiger partial charge is 0.293 e. The van der Waals surface area contributed by atoms with E-state index in [1.54, 1.807) is 6.08 Å². The van der Waals surface area contributed by atoms with Crippen LogP contribution in [0.5, 0.6) is 17.2 Å². The molecule has 1 heterocycles. The minimum Gasteiger partial charge on any atom is -0.491 e. The van der Waals surface area contributed by atoms with E-state index in [0.717, 1.165) is 44.2 Å². The summed E-state index contributed by atoms with van der Waals surface area (Å²) in [5, 5.41) is -0.303. The number of ether oxygens (including phenoxy) is 3. The van der Waals surface area contributed by atoms with Gasteiger partial charge in [-0.05, 0) is 90.2 Å². The van der Waals surface area contributed by atoms with Crippen LogP contribution in [0.25, 0.3) is 6.08 Å². The lowest BCUT2D eigenvalue weighted by Crippen LogP contribution is -2.32. The van der Waals surface area contributed by atoms with Gasteiger partial charge in [-0.1, -0.05) is 60.1 Å². The molecule has 6 nitrogen and oxygen atoms in total. The Morgan fingerprint density at radius 2 is 1.69 bits per heavy atom. The quantitative estimate of drug-likeness (QED) is 0.205. The summed E-state index contributed by atoms with van der Waals surface area (Å²) in [5.74, 6) is 1.96. The van der Waals surface area contributed by atoms with Gasteiger partial charge in [0.25, 0.3) is 11.1 Å². The monoisotopic (exact) mass is 609 g/mol. The van der Waals surface area contributed by atoms with Crippen LogP contribution in [0.1, 0.15) is 48.9 Å². The number of aryl methyl sites for hydroxylation is 1. The van der Waals surface area contributed by atoms with Crippen LogP contribution in [0.2, 0.25) is 0 Å². The second kappa shape index (κ2) is 13.2. The number of rotatable bonds is 11. The highest BCUT2D eigenvalue weighted by molar-refractivity contribution is 9.10. The van der Waals surface area contributed by atoms with E-state index in [0.29, 0.717) is 35.5 Å². The van der Waals surface area contributed by atoms with E-state index >= 15 is 0 Å². The van der Waals surface area contributed by atoms with Crippen LogP contribution in [0.4, 0.5) is 4.79 Å². The SMILES string of the molecule is CCOc1cc(/C=C2\SC(=O)N(CCOc3cc(C)ccc3C(C)C)C2=O)ccc1OCc1ccc(Br)cc1. The van der Waals surface area contributed by atoms with Crippen LogP contribution >= 0.6 is 27.7 Å². The number of imide groups is 1. The minimum atomic E-state index is -0.324. The van der Waals surface area contributed by atoms with Gasteiger partial charge in [-0.3, -0.25) is 14.5 Å². The fourth-order valence-electron chi connectivity index (χ4n) is 4.08. The topological polar surface area (TPSA) is 65.1 Å². The van der Waals surface area contributed by atoms with Gasteiger partial charge in [0.05, 0.1) is 18.1 Å². The molecule has 204 valence electrons. The summed E-state index contributed by atoms with van der Waals surface area (Å²) in [6.07, 6.45) is 1.71. The first-order valence-corrected chi connectivity index (χ1v) is 14.5. The number of amides is 2. The Kier molecular flexibility index (Phi) is 9.75. The molecule has 1 saturated heterocycles. The van der Waals surface area contributed by atoms with Crippen molar-refractivity contribution in [2.45, 2.75) is 40.2 Å². The zero-order valence-corrected chi connectivity index (χ0v) is 24.9. The van der Waals surface area contributed by atoms with Gasteiger partial charge in [0.15, 0.2) is 11.5 Å². The molecule has 0 aromatic heterocycles. The average Bonchev–Trinajstić information content (AvgIpc) is 3.16. The molecular formula is C31H32BrNO5S. The summed E-state index contributed by atoms with van der Waals surface area (Å²) < 4.78 is 18.8. The molecule has 0 atom stereocenters. The molecule has 4 rings (SSSR count). The van der Waals surface area contributed by atoms with Gasteiger partial charge in [-0.25, -0.2) is 0 Å². The van der Waals surface area contributed by atoms with Crippen molar-refractivity contribution in [2.75, 3.05) is 19.8 Å². The summed E-state index contributed by atoms with van der Waals surface area (Å²) in [7, 11) is 0. The lowest BCUT2D eigenvalue weighted by molar-refractivity contribution is -0.123. The van der Waals surface area contributed by atoms with E-state index in [1.807, 2.05) is 62.4 Å². The van der Waals surface area contributed by atoms with Crippen LogP contribution in [0, 0.1) is 6.92 Å². The molecule has 0 unspecified atom stereocenters. The number of hydrogen-bond acceptors (Lipinski definition) is 6. The summed E-state index contributed by atoms with van der Waals surface area (Å²) in [6, 6.07) is 19.5. The molecule has 3 aromatic carbocycles. The fourth-order valence-corrected chi connectivity index (χ4v) is 5.21. The summed E-state index contributed by atoms with van der Waals surface area (Å²) in [5.41, 5.74) is 3.98. The van der Waals surface area contributed by atoms with Gasteiger partial charge in [0.2, 0.25) is 0 Å². The van der Waals surface area contributed by atoms with Gasteiger partial charge in [0, 0.05) is 4.47 Å². The van der Waals surface area contributed by atoms with Crippen LogP contribution in [-0.2, 0) is 11.4 Å². The van der Waals surface area contributed by atoms with E-state index in [9.17, 15) is 9.59 Å². The Morgan fingerprint density at radius 3 is 2.41 bits per heavy atom. The second-order valence-electron chi connectivity index (χ2n) is 9.43. The predicted molar refractivity (Wildman–Crippen MR) is 160 cm³/mol. The first kappa shape index (κ1) is 28.8. The van der Waals surface area contributed by atoms with E-state index < -0.39 is 0 Å². The van der Waals surface area contributed by atoms with Gasteiger partial charge < -0.3 is 14.2 Å². The molecule has 0 aliphatic carbocycles. The molecule has 2 amide bonds. The molecule has 1 aliphatic heterocycles. The highest BCUT2D eigenvalue weighted by Crippen LogP contribution is 2.35. The van der Waals surface area contributed by atoms with Crippen molar-refractivity contribution in [1.29, 1.82) is 0 Å². The van der Waals surface area contributed by atoms with Crippen molar-refractivity contribution >= 4 is 44.9 Å². The zero-order chi connectivity index (χ0) is 27.9. The fraction of sp³-hybridized carbons (Fsp3) is 0.290. The number of halogens is 1. The number of carbonyl (C=O) groups is 2. The van der Waals surface area contributed by atoms with Crippen LogP contribution < -0.4 is 14.2 Å². The lowest BCUT2D eigenvalue weighted by atomic mass is 10.0. The Labute approximate surface area is 242 Å². The third-order valence-corrected chi connectivity index (χ3v) is 7.55. The van der Waals surface area contributed by atoms with Gasteiger partial charge in [-0.2, -0.15) is 0 Å². The van der Waals surface area contributed by atoms with E-state index in [-0.39, 0.29) is 24.3 Å². The standard InChI is InChI=1S/C31H32BrNO5S/c1-5-36-28-17-23(9-13-26(28)38-19-22-7-10-24(32)11-8-22)18-29-30(34)33(31(35)39-29)14-15-37-27-16-21(4)6-12-25(27)20(2)3/h6-13,16-18,20H,5,14-15,19H2,1-4H3/b29-18-. The molecular weight excluding hydrogens is 578 g/mol. The molecule has 0 spiro atoms. The Balaban J connectivity index is 1.42. The summed E-state index contributed by atoms with van der Waals surface area (Å²) in [6.45, 7) is 9.40. The van der Waals surface area contributed by atoms with Gasteiger partial charge in [0.1, 0.15) is 19.0 Å². The highest BCUT2D eigenvalue weighted by Gasteiger charge is 2.35. The van der Waals surface area contributed by atoms with Crippen LogP contribution in [0.15, 0.2) is 70.0 Å². The second-order valence-corrected chi connectivity index (χ2v) is 11.3. The highest BCUT2D eigenvalue weighted by atomic mass is 79.9. The third kappa shape index (κ3) is 7.46.